The molecule has 0 aromatic heterocycles. The number of benzene rings is 5. The van der Waals surface area contributed by atoms with Gasteiger partial charge in [-0.2, -0.15) is 0 Å². The van der Waals surface area contributed by atoms with Crippen LogP contribution in [0.3, 0.4) is 0 Å². The zero-order chi connectivity index (χ0) is 26.6. The van der Waals surface area contributed by atoms with Gasteiger partial charge in [0.05, 0.1) is 25.9 Å². The van der Waals surface area contributed by atoms with Crippen LogP contribution in [0.2, 0.25) is 0 Å². The molecule has 0 amide bonds. The van der Waals surface area contributed by atoms with Crippen molar-refractivity contribution in [3.05, 3.63) is 131 Å². The number of Topliss-reactive ketones (excluding diaryl/α,β-unsaturated/α-hetero) is 1. The Bertz CT molecular complexity index is 1590. The van der Waals surface area contributed by atoms with E-state index in [0.29, 0.717) is 26.2 Å². The van der Waals surface area contributed by atoms with Gasteiger partial charge in [-0.1, -0.05) is 97.1 Å². The molecule has 1 aliphatic rings. The van der Waals surface area contributed by atoms with Crippen LogP contribution in [0.15, 0.2) is 103 Å². The van der Waals surface area contributed by atoms with E-state index in [-0.39, 0.29) is 17.8 Å². The molecule has 0 saturated heterocycles. The largest absolute Gasteiger partial charge is 0.372 e. The highest BCUT2D eigenvalue weighted by Gasteiger charge is 2.32. The van der Waals surface area contributed by atoms with Crippen molar-refractivity contribution < 1.29 is 14.3 Å². The lowest BCUT2D eigenvalue weighted by atomic mass is 9.76. The first-order valence-electron chi connectivity index (χ1n) is 13.9. The first-order chi connectivity index (χ1) is 19.2. The van der Waals surface area contributed by atoms with E-state index in [1.165, 1.54) is 43.8 Å². The molecule has 2 atom stereocenters. The van der Waals surface area contributed by atoms with Crippen LogP contribution < -0.4 is 0 Å². The fourth-order valence-corrected chi connectivity index (χ4v) is 6.15. The van der Waals surface area contributed by atoms with Crippen LogP contribution in [-0.4, -0.2) is 5.78 Å². The molecule has 3 heteroatoms. The van der Waals surface area contributed by atoms with Crippen LogP contribution in [0.25, 0.3) is 21.5 Å². The molecule has 0 radical (unpaired) electrons. The van der Waals surface area contributed by atoms with Crippen LogP contribution in [-0.2, 0) is 40.5 Å². The molecule has 39 heavy (non-hydrogen) atoms. The number of aryl methyl sites for hydroxylation is 1. The van der Waals surface area contributed by atoms with Crippen LogP contribution in [0.4, 0.5) is 0 Å². The lowest BCUT2D eigenvalue weighted by Crippen LogP contribution is -2.25. The molecular formula is C36H34O3. The number of carbonyl (C=O) groups excluding carboxylic acids is 1. The summed E-state index contributed by atoms with van der Waals surface area (Å²) in [4.78, 5) is 12.2. The van der Waals surface area contributed by atoms with Crippen molar-refractivity contribution in [2.45, 2.75) is 52.1 Å². The average molecular weight is 515 g/mol. The van der Waals surface area contributed by atoms with Gasteiger partial charge in [0.15, 0.2) is 0 Å². The van der Waals surface area contributed by atoms with Gasteiger partial charge in [-0.15, -0.1) is 0 Å². The minimum absolute atomic E-state index is 0.105. The molecule has 0 heterocycles. The summed E-state index contributed by atoms with van der Waals surface area (Å²) in [5.41, 5.74) is 6.10. The number of ether oxygens (including phenoxy) is 2. The maximum Gasteiger partial charge on any atom is 0.130 e. The highest BCUT2D eigenvalue weighted by Crippen LogP contribution is 2.44. The van der Waals surface area contributed by atoms with Gasteiger partial charge < -0.3 is 14.3 Å². The molecule has 3 nitrogen and oxygen atoms in total. The van der Waals surface area contributed by atoms with E-state index in [1.54, 1.807) is 6.92 Å². The van der Waals surface area contributed by atoms with E-state index in [4.69, 9.17) is 9.47 Å². The summed E-state index contributed by atoms with van der Waals surface area (Å²) in [6, 6.07) is 36.1. The zero-order valence-electron chi connectivity index (χ0n) is 22.4. The number of carbonyl (C=O) groups is 1. The van der Waals surface area contributed by atoms with Crippen molar-refractivity contribution in [3.63, 3.8) is 0 Å². The molecule has 0 spiro atoms. The van der Waals surface area contributed by atoms with E-state index < -0.39 is 0 Å². The van der Waals surface area contributed by atoms with Gasteiger partial charge in [-0.3, -0.25) is 0 Å². The van der Waals surface area contributed by atoms with Crippen molar-refractivity contribution in [2.75, 3.05) is 0 Å². The van der Waals surface area contributed by atoms with Gasteiger partial charge in [-0.25, -0.2) is 0 Å². The molecule has 0 aliphatic heterocycles. The summed E-state index contributed by atoms with van der Waals surface area (Å²) in [6.07, 6.45) is 2.33. The predicted molar refractivity (Wildman–Crippen MR) is 157 cm³/mol. The van der Waals surface area contributed by atoms with E-state index in [9.17, 15) is 4.79 Å². The Balaban J connectivity index is 1.38. The Kier molecular flexibility index (Phi) is 7.53. The SMILES string of the molecule is CC(=O)CC1CCc2c(ccc3c2cc(COCc2ccccc2)c2ccccc23)C1OCc1ccccc1. The molecule has 6 rings (SSSR count). The Labute approximate surface area is 230 Å². The lowest BCUT2D eigenvalue weighted by molar-refractivity contribution is -0.120. The monoisotopic (exact) mass is 514 g/mol. The van der Waals surface area contributed by atoms with Crippen LogP contribution in [0.1, 0.15) is 53.7 Å². The summed E-state index contributed by atoms with van der Waals surface area (Å²) >= 11 is 0. The number of ketones is 1. The molecule has 196 valence electrons. The molecular weight excluding hydrogens is 480 g/mol. The third-order valence-corrected chi connectivity index (χ3v) is 7.97. The number of fused-ring (bicyclic) bond motifs is 5. The fourth-order valence-electron chi connectivity index (χ4n) is 6.15. The number of hydrogen-bond donors (Lipinski definition) is 0. The molecule has 0 saturated carbocycles. The molecule has 0 N–H and O–H groups in total. The number of hydrogen-bond acceptors (Lipinski definition) is 3. The van der Waals surface area contributed by atoms with Gasteiger partial charge in [0, 0.05) is 6.42 Å². The van der Waals surface area contributed by atoms with Crippen molar-refractivity contribution in [2.24, 2.45) is 5.92 Å². The normalized spacial score (nSPS) is 16.8. The summed E-state index contributed by atoms with van der Waals surface area (Å²) in [5, 5.41) is 5.03. The highest BCUT2D eigenvalue weighted by atomic mass is 16.5. The standard InChI is InChI=1S/C36H34O3/c1-25(37)20-28-16-17-33-34(36(28)39-23-27-12-6-3-7-13-27)19-18-32-31-15-9-8-14-30(31)29(21-35(32)33)24-38-22-26-10-4-2-5-11-26/h2-15,18-19,21,28,36H,16-17,20,22-24H2,1H3. The van der Waals surface area contributed by atoms with Gasteiger partial charge >= 0.3 is 0 Å². The molecule has 5 aromatic rings. The molecule has 0 bridgehead atoms. The second-order valence-corrected chi connectivity index (χ2v) is 10.7. The Morgan fingerprint density at radius 1 is 0.718 bits per heavy atom. The third-order valence-electron chi connectivity index (χ3n) is 7.97. The smallest absolute Gasteiger partial charge is 0.130 e. The van der Waals surface area contributed by atoms with Gasteiger partial charge in [-0.05, 0) is 81.1 Å². The van der Waals surface area contributed by atoms with E-state index >= 15 is 0 Å². The summed E-state index contributed by atoms with van der Waals surface area (Å²) in [7, 11) is 0. The van der Waals surface area contributed by atoms with Crippen molar-refractivity contribution in [1.29, 1.82) is 0 Å². The molecule has 1 aliphatic carbocycles. The Hall–Kier alpha value is -3.79. The van der Waals surface area contributed by atoms with Gasteiger partial charge in [0.1, 0.15) is 5.78 Å². The van der Waals surface area contributed by atoms with Crippen LogP contribution in [0, 0.1) is 5.92 Å². The van der Waals surface area contributed by atoms with Crippen molar-refractivity contribution in [1.82, 2.24) is 0 Å². The Morgan fingerprint density at radius 2 is 1.36 bits per heavy atom. The summed E-state index contributed by atoms with van der Waals surface area (Å²) in [6.45, 7) is 3.36. The zero-order valence-corrected chi connectivity index (χ0v) is 22.4. The fraction of sp³-hybridized carbons (Fsp3) is 0.250. The predicted octanol–water partition coefficient (Wildman–Crippen LogP) is 8.51. The first-order valence-corrected chi connectivity index (χ1v) is 13.9. The van der Waals surface area contributed by atoms with Crippen LogP contribution >= 0.6 is 0 Å². The van der Waals surface area contributed by atoms with Crippen molar-refractivity contribution in [3.8, 4) is 0 Å². The first kappa shape index (κ1) is 25.5. The third kappa shape index (κ3) is 5.52. The lowest BCUT2D eigenvalue weighted by Gasteiger charge is -2.34. The quantitative estimate of drug-likeness (QED) is 0.185. The highest BCUT2D eigenvalue weighted by molar-refractivity contribution is 6.10. The van der Waals surface area contributed by atoms with Crippen LogP contribution in [0.5, 0.6) is 0 Å². The number of rotatable bonds is 9. The van der Waals surface area contributed by atoms with Gasteiger partial charge in [0.2, 0.25) is 0 Å². The van der Waals surface area contributed by atoms with E-state index in [1.807, 2.05) is 36.4 Å². The minimum Gasteiger partial charge on any atom is -0.372 e. The topological polar surface area (TPSA) is 35.5 Å². The maximum atomic E-state index is 12.2. The van der Waals surface area contributed by atoms with Crippen molar-refractivity contribution >= 4 is 27.3 Å². The van der Waals surface area contributed by atoms with E-state index in [0.717, 1.165) is 18.4 Å². The maximum absolute atomic E-state index is 12.2. The molecule has 5 aromatic carbocycles. The average Bonchev–Trinajstić information content (AvgIpc) is 2.97. The second kappa shape index (κ2) is 11.5. The van der Waals surface area contributed by atoms with Gasteiger partial charge in [0.25, 0.3) is 0 Å². The Morgan fingerprint density at radius 3 is 2.08 bits per heavy atom. The minimum atomic E-state index is -0.105. The molecule has 0 fully saturated rings. The van der Waals surface area contributed by atoms with E-state index in [2.05, 4.69) is 66.7 Å². The molecule has 2 unspecified atom stereocenters. The summed E-state index contributed by atoms with van der Waals surface area (Å²) in [5.74, 6) is 0.409. The summed E-state index contributed by atoms with van der Waals surface area (Å²) < 4.78 is 12.8. The second-order valence-electron chi connectivity index (χ2n) is 10.7.